The third-order valence-electron chi connectivity index (χ3n) is 2.80. The van der Waals surface area contributed by atoms with Crippen LogP contribution in [-0.4, -0.2) is 59.3 Å². The molecular weight excluding hydrogens is 266 g/mol. The molecule has 0 bridgehead atoms. The van der Waals surface area contributed by atoms with Gasteiger partial charge >= 0.3 is 12.1 Å². The Hall–Kier alpha value is -1.63. The number of rotatable bonds is 4. The number of carbonyl (C=O) groups is 3. The SMILES string of the molecule is CC(C)(C)OC(=O)N1CCC(OC(C=O)C(=O)O)CC1. The summed E-state index contributed by atoms with van der Waals surface area (Å²) in [5.41, 5.74) is -0.545. The molecule has 7 heteroatoms. The first kappa shape index (κ1) is 16.4. The molecule has 1 N–H and O–H groups in total. The number of amides is 1. The first-order valence-electron chi connectivity index (χ1n) is 6.54. The Morgan fingerprint density at radius 2 is 1.85 bits per heavy atom. The first-order valence-corrected chi connectivity index (χ1v) is 6.54. The minimum absolute atomic E-state index is 0.266. The predicted molar refractivity (Wildman–Crippen MR) is 69.4 cm³/mol. The molecule has 0 spiro atoms. The topological polar surface area (TPSA) is 93.1 Å². The zero-order chi connectivity index (χ0) is 15.3. The first-order chi connectivity index (χ1) is 9.23. The highest BCUT2D eigenvalue weighted by Gasteiger charge is 2.29. The van der Waals surface area contributed by atoms with Crippen molar-refractivity contribution >= 4 is 18.3 Å². The average Bonchev–Trinajstić information content (AvgIpc) is 2.34. The summed E-state index contributed by atoms with van der Waals surface area (Å²) in [6, 6.07) is 0. The summed E-state index contributed by atoms with van der Waals surface area (Å²) >= 11 is 0. The van der Waals surface area contributed by atoms with E-state index in [1.807, 2.05) is 0 Å². The summed E-state index contributed by atoms with van der Waals surface area (Å²) < 4.78 is 10.4. The number of aliphatic carboxylic acids is 1. The van der Waals surface area contributed by atoms with Crippen LogP contribution in [0.15, 0.2) is 0 Å². The Bertz CT molecular complexity index is 368. The van der Waals surface area contributed by atoms with Crippen molar-refractivity contribution in [1.29, 1.82) is 0 Å². The van der Waals surface area contributed by atoms with Crippen molar-refractivity contribution < 1.29 is 29.0 Å². The van der Waals surface area contributed by atoms with Crippen molar-refractivity contribution in [2.24, 2.45) is 0 Å². The van der Waals surface area contributed by atoms with Gasteiger partial charge in [-0.25, -0.2) is 9.59 Å². The molecular formula is C13H21NO6. The number of piperidine rings is 1. The van der Waals surface area contributed by atoms with Gasteiger partial charge in [-0.2, -0.15) is 0 Å². The highest BCUT2D eigenvalue weighted by atomic mass is 16.6. The molecule has 0 radical (unpaired) electrons. The molecule has 1 fully saturated rings. The number of carboxylic acid groups (broad SMARTS) is 1. The lowest BCUT2D eigenvalue weighted by Crippen LogP contribution is -2.44. The summed E-state index contributed by atoms with van der Waals surface area (Å²) in [6.07, 6.45) is -0.926. The summed E-state index contributed by atoms with van der Waals surface area (Å²) in [5, 5.41) is 8.73. The van der Waals surface area contributed by atoms with E-state index < -0.39 is 17.7 Å². The van der Waals surface area contributed by atoms with E-state index in [1.54, 1.807) is 25.7 Å². The van der Waals surface area contributed by atoms with Crippen LogP contribution in [0.25, 0.3) is 0 Å². The van der Waals surface area contributed by atoms with Gasteiger partial charge in [-0.1, -0.05) is 0 Å². The fraction of sp³-hybridized carbons (Fsp3) is 0.769. The Kier molecular flexibility index (Phi) is 5.50. The molecule has 0 aromatic rings. The third-order valence-corrected chi connectivity index (χ3v) is 2.80. The molecule has 20 heavy (non-hydrogen) atoms. The zero-order valence-corrected chi connectivity index (χ0v) is 12.0. The van der Waals surface area contributed by atoms with Crippen molar-refractivity contribution in [2.45, 2.75) is 51.4 Å². The lowest BCUT2D eigenvalue weighted by molar-refractivity contribution is -0.158. The number of hydrogen-bond donors (Lipinski definition) is 1. The summed E-state index contributed by atoms with van der Waals surface area (Å²) in [6.45, 7) is 6.22. The molecule has 0 aromatic carbocycles. The lowest BCUT2D eigenvalue weighted by Gasteiger charge is -2.33. The van der Waals surface area contributed by atoms with E-state index in [1.165, 1.54) is 0 Å². The highest BCUT2D eigenvalue weighted by molar-refractivity contribution is 5.89. The second-order valence-electron chi connectivity index (χ2n) is 5.70. The number of carboxylic acids is 1. The maximum absolute atomic E-state index is 11.8. The van der Waals surface area contributed by atoms with Crippen LogP contribution in [0.3, 0.4) is 0 Å². The van der Waals surface area contributed by atoms with Crippen LogP contribution in [-0.2, 0) is 19.1 Å². The molecule has 1 unspecified atom stereocenters. The molecule has 1 rings (SSSR count). The summed E-state index contributed by atoms with van der Waals surface area (Å²) in [5.74, 6) is -1.30. The van der Waals surface area contributed by atoms with Crippen LogP contribution in [0.2, 0.25) is 0 Å². The van der Waals surface area contributed by atoms with Gasteiger partial charge in [-0.3, -0.25) is 4.79 Å². The molecule has 0 aromatic heterocycles. The smallest absolute Gasteiger partial charge is 0.410 e. The number of aldehydes is 1. The van der Waals surface area contributed by atoms with Crippen LogP contribution in [0.5, 0.6) is 0 Å². The second-order valence-corrected chi connectivity index (χ2v) is 5.70. The molecule has 1 atom stereocenters. The number of likely N-dealkylation sites (tertiary alicyclic amines) is 1. The fourth-order valence-electron chi connectivity index (χ4n) is 1.86. The molecule has 0 aliphatic carbocycles. The zero-order valence-electron chi connectivity index (χ0n) is 12.0. The molecule has 1 amide bonds. The van der Waals surface area contributed by atoms with Crippen molar-refractivity contribution in [3.05, 3.63) is 0 Å². The Morgan fingerprint density at radius 3 is 2.25 bits per heavy atom. The van der Waals surface area contributed by atoms with Crippen molar-refractivity contribution in [3.8, 4) is 0 Å². The molecule has 1 aliphatic rings. The van der Waals surface area contributed by atoms with Crippen LogP contribution in [0.4, 0.5) is 4.79 Å². The van der Waals surface area contributed by atoms with Gasteiger partial charge in [0.25, 0.3) is 0 Å². The summed E-state index contributed by atoms with van der Waals surface area (Å²) in [4.78, 5) is 34.6. The van der Waals surface area contributed by atoms with Gasteiger partial charge in [0, 0.05) is 13.1 Å². The largest absolute Gasteiger partial charge is 0.479 e. The number of hydrogen-bond acceptors (Lipinski definition) is 5. The molecule has 1 aliphatic heterocycles. The molecule has 7 nitrogen and oxygen atoms in total. The average molecular weight is 287 g/mol. The quantitative estimate of drug-likeness (QED) is 0.613. The number of nitrogens with zero attached hydrogens (tertiary/aromatic N) is 1. The standard InChI is InChI=1S/C13H21NO6/c1-13(2,3)20-12(18)14-6-4-9(5-7-14)19-10(8-15)11(16)17/h8-10H,4-7H2,1-3H3,(H,16,17). The van der Waals surface area contributed by atoms with E-state index in [0.717, 1.165) is 0 Å². The van der Waals surface area contributed by atoms with E-state index in [4.69, 9.17) is 14.6 Å². The maximum atomic E-state index is 11.8. The van der Waals surface area contributed by atoms with E-state index in [9.17, 15) is 14.4 Å². The fourth-order valence-corrected chi connectivity index (χ4v) is 1.86. The van der Waals surface area contributed by atoms with Gasteiger partial charge in [0.2, 0.25) is 6.10 Å². The van der Waals surface area contributed by atoms with Crippen molar-refractivity contribution in [3.63, 3.8) is 0 Å². The van der Waals surface area contributed by atoms with E-state index in [2.05, 4.69) is 0 Å². The van der Waals surface area contributed by atoms with Gasteiger partial charge < -0.3 is 19.5 Å². The molecule has 0 saturated carbocycles. The molecule has 1 saturated heterocycles. The lowest BCUT2D eigenvalue weighted by atomic mass is 10.1. The van der Waals surface area contributed by atoms with E-state index in [-0.39, 0.29) is 18.5 Å². The van der Waals surface area contributed by atoms with Crippen LogP contribution < -0.4 is 0 Å². The Labute approximate surface area is 117 Å². The minimum atomic E-state index is -1.44. The monoisotopic (exact) mass is 287 g/mol. The van der Waals surface area contributed by atoms with Crippen LogP contribution >= 0.6 is 0 Å². The van der Waals surface area contributed by atoms with E-state index >= 15 is 0 Å². The van der Waals surface area contributed by atoms with Crippen molar-refractivity contribution in [1.82, 2.24) is 4.90 Å². The molecule has 114 valence electrons. The molecule has 1 heterocycles. The summed E-state index contributed by atoms with van der Waals surface area (Å²) in [7, 11) is 0. The van der Waals surface area contributed by atoms with Crippen molar-refractivity contribution in [2.75, 3.05) is 13.1 Å². The number of ether oxygens (including phenoxy) is 2. The van der Waals surface area contributed by atoms with Gasteiger partial charge in [0.05, 0.1) is 6.10 Å². The predicted octanol–water partition coefficient (Wildman–Crippen LogP) is 1.05. The normalized spacial score (nSPS) is 18.4. The Morgan fingerprint density at radius 1 is 1.30 bits per heavy atom. The van der Waals surface area contributed by atoms with Crippen LogP contribution in [0, 0.1) is 0 Å². The van der Waals surface area contributed by atoms with Gasteiger partial charge in [-0.05, 0) is 33.6 Å². The van der Waals surface area contributed by atoms with Gasteiger partial charge in [-0.15, -0.1) is 0 Å². The van der Waals surface area contributed by atoms with Crippen LogP contribution in [0.1, 0.15) is 33.6 Å². The number of carbonyl (C=O) groups excluding carboxylic acids is 2. The van der Waals surface area contributed by atoms with E-state index in [0.29, 0.717) is 25.9 Å². The van der Waals surface area contributed by atoms with Gasteiger partial charge in [0.1, 0.15) is 5.60 Å². The maximum Gasteiger partial charge on any atom is 0.410 e. The minimum Gasteiger partial charge on any atom is -0.479 e. The second kappa shape index (κ2) is 6.69. The highest BCUT2D eigenvalue weighted by Crippen LogP contribution is 2.18. The van der Waals surface area contributed by atoms with Gasteiger partial charge in [0.15, 0.2) is 6.29 Å². The Balaban J connectivity index is 2.42. The third kappa shape index (κ3) is 5.16.